The monoisotopic (exact) mass is 259 g/mol. The molecule has 0 spiro atoms. The van der Waals surface area contributed by atoms with Crippen LogP contribution in [-0.4, -0.2) is 19.4 Å². The molecule has 0 atom stereocenters. The summed E-state index contributed by atoms with van der Waals surface area (Å²) in [6.45, 7) is 13.6. The second kappa shape index (κ2) is 7.78. The molecule has 0 N–H and O–H groups in total. The molecule has 2 heteroatoms. The molecule has 1 aromatic rings. The lowest BCUT2D eigenvalue weighted by molar-refractivity contribution is 0.349. The Balaban J connectivity index is 2.92. The normalized spacial score (nSPS) is 10.9. The Bertz CT molecular complexity index is 461. The predicted octanol–water partition coefficient (Wildman–Crippen LogP) is 4.48. The van der Waals surface area contributed by atoms with E-state index < -0.39 is 0 Å². The first-order valence-electron chi connectivity index (χ1n) is 6.92. The fourth-order valence-corrected chi connectivity index (χ4v) is 1.89. The molecule has 0 heterocycles. The maximum Gasteiger partial charge on any atom is 0.131 e. The molecular weight excluding hydrogens is 234 g/mol. The van der Waals surface area contributed by atoms with E-state index >= 15 is 0 Å². The Morgan fingerprint density at radius 1 is 1.37 bits per heavy atom. The van der Waals surface area contributed by atoms with E-state index in [4.69, 9.17) is 4.74 Å². The lowest BCUT2D eigenvalue weighted by Gasteiger charge is -2.13. The Kier molecular flexibility index (Phi) is 6.34. The van der Waals surface area contributed by atoms with E-state index in [2.05, 4.69) is 44.5 Å². The van der Waals surface area contributed by atoms with Crippen LogP contribution in [-0.2, 0) is 0 Å². The quantitative estimate of drug-likeness (QED) is 0.402. The number of aryl methyl sites for hydroxylation is 2. The third-order valence-electron chi connectivity index (χ3n) is 2.78. The second-order valence-corrected chi connectivity index (χ2v) is 5.13. The Morgan fingerprint density at radius 3 is 2.74 bits per heavy atom. The molecule has 1 rings (SSSR count). The van der Waals surface area contributed by atoms with Gasteiger partial charge in [0.1, 0.15) is 12.4 Å². The standard InChI is InChI=1S/C17H25NO/c1-6-7-8-18-11-16-10-14(4)9-15(5)17(16)19-12-13(2)3/h9-11H,2,6-8,12H2,1,3-5H3. The molecule has 0 bridgehead atoms. The summed E-state index contributed by atoms with van der Waals surface area (Å²) in [6.07, 6.45) is 4.23. The van der Waals surface area contributed by atoms with Gasteiger partial charge in [-0.25, -0.2) is 0 Å². The number of aliphatic imine (C=N–C) groups is 1. The van der Waals surface area contributed by atoms with E-state index in [9.17, 15) is 0 Å². The lowest BCUT2D eigenvalue weighted by Crippen LogP contribution is -2.03. The van der Waals surface area contributed by atoms with Gasteiger partial charge in [-0.05, 0) is 50.0 Å². The van der Waals surface area contributed by atoms with Gasteiger partial charge in [-0.1, -0.05) is 26.0 Å². The molecule has 0 aliphatic rings. The van der Waals surface area contributed by atoms with Crippen LogP contribution in [0.2, 0.25) is 0 Å². The number of unbranched alkanes of at least 4 members (excludes halogenated alkanes) is 1. The zero-order chi connectivity index (χ0) is 14.3. The summed E-state index contributed by atoms with van der Waals surface area (Å²) in [5.41, 5.74) is 4.47. The van der Waals surface area contributed by atoms with Gasteiger partial charge in [0.25, 0.3) is 0 Å². The van der Waals surface area contributed by atoms with Crippen LogP contribution < -0.4 is 4.74 Å². The fraction of sp³-hybridized carbons (Fsp3) is 0.471. The van der Waals surface area contributed by atoms with E-state index in [1.165, 1.54) is 12.0 Å². The van der Waals surface area contributed by atoms with Crippen LogP contribution in [0.4, 0.5) is 0 Å². The summed E-state index contributed by atoms with van der Waals surface area (Å²) in [4.78, 5) is 4.47. The first-order chi connectivity index (χ1) is 9.04. The highest BCUT2D eigenvalue weighted by Crippen LogP contribution is 2.24. The topological polar surface area (TPSA) is 21.6 Å². The largest absolute Gasteiger partial charge is 0.488 e. The zero-order valence-corrected chi connectivity index (χ0v) is 12.6. The summed E-state index contributed by atoms with van der Waals surface area (Å²) in [5, 5.41) is 0. The lowest BCUT2D eigenvalue weighted by atomic mass is 10.1. The van der Waals surface area contributed by atoms with Crippen LogP contribution in [0, 0.1) is 13.8 Å². The van der Waals surface area contributed by atoms with Crippen molar-refractivity contribution >= 4 is 6.21 Å². The van der Waals surface area contributed by atoms with E-state index in [0.717, 1.165) is 35.4 Å². The number of benzene rings is 1. The zero-order valence-electron chi connectivity index (χ0n) is 12.6. The average molecular weight is 259 g/mol. The number of nitrogens with zero attached hydrogens (tertiary/aromatic N) is 1. The molecule has 0 aliphatic heterocycles. The van der Waals surface area contributed by atoms with Gasteiger partial charge in [0.2, 0.25) is 0 Å². The summed E-state index contributed by atoms with van der Waals surface area (Å²) in [7, 11) is 0. The Morgan fingerprint density at radius 2 is 2.11 bits per heavy atom. The van der Waals surface area contributed by atoms with Crippen molar-refractivity contribution in [1.82, 2.24) is 0 Å². The van der Waals surface area contributed by atoms with E-state index in [-0.39, 0.29) is 0 Å². The first kappa shape index (κ1) is 15.5. The van der Waals surface area contributed by atoms with Gasteiger partial charge < -0.3 is 4.74 Å². The first-order valence-corrected chi connectivity index (χ1v) is 6.92. The second-order valence-electron chi connectivity index (χ2n) is 5.13. The van der Waals surface area contributed by atoms with E-state index in [1.54, 1.807) is 0 Å². The van der Waals surface area contributed by atoms with Crippen LogP contribution in [0.25, 0.3) is 0 Å². The number of hydrogen-bond acceptors (Lipinski definition) is 2. The SMILES string of the molecule is C=C(C)COc1c(C)cc(C)cc1C=NCCCC. The summed E-state index contributed by atoms with van der Waals surface area (Å²) in [5.74, 6) is 0.925. The Labute approximate surface area is 117 Å². The van der Waals surface area contributed by atoms with Crippen molar-refractivity contribution < 1.29 is 4.74 Å². The van der Waals surface area contributed by atoms with Crippen LogP contribution in [0.15, 0.2) is 29.3 Å². The van der Waals surface area contributed by atoms with Gasteiger partial charge in [-0.15, -0.1) is 0 Å². The summed E-state index contributed by atoms with van der Waals surface area (Å²) >= 11 is 0. The van der Waals surface area contributed by atoms with Crippen molar-refractivity contribution in [3.63, 3.8) is 0 Å². The third kappa shape index (κ3) is 5.29. The van der Waals surface area contributed by atoms with Crippen LogP contribution in [0.3, 0.4) is 0 Å². The molecule has 2 nitrogen and oxygen atoms in total. The Hall–Kier alpha value is -1.57. The maximum absolute atomic E-state index is 5.85. The van der Waals surface area contributed by atoms with E-state index in [0.29, 0.717) is 6.61 Å². The van der Waals surface area contributed by atoms with Crippen molar-refractivity contribution in [2.45, 2.75) is 40.5 Å². The molecule has 0 fully saturated rings. The van der Waals surface area contributed by atoms with Crippen LogP contribution in [0.1, 0.15) is 43.4 Å². The van der Waals surface area contributed by atoms with Gasteiger partial charge >= 0.3 is 0 Å². The molecule has 1 aromatic carbocycles. The van der Waals surface area contributed by atoms with Crippen molar-refractivity contribution in [2.24, 2.45) is 4.99 Å². The highest BCUT2D eigenvalue weighted by Gasteiger charge is 2.07. The smallest absolute Gasteiger partial charge is 0.131 e. The van der Waals surface area contributed by atoms with Gasteiger partial charge in [0, 0.05) is 18.3 Å². The molecular formula is C17H25NO. The maximum atomic E-state index is 5.85. The highest BCUT2D eigenvalue weighted by molar-refractivity contribution is 5.84. The van der Waals surface area contributed by atoms with Crippen LogP contribution >= 0.6 is 0 Å². The summed E-state index contributed by atoms with van der Waals surface area (Å²) in [6, 6.07) is 4.26. The predicted molar refractivity (Wildman–Crippen MR) is 83.6 cm³/mol. The molecule has 0 amide bonds. The number of rotatable bonds is 7. The van der Waals surface area contributed by atoms with Crippen LogP contribution in [0.5, 0.6) is 5.75 Å². The molecule has 0 unspecified atom stereocenters. The van der Waals surface area contributed by atoms with Crippen molar-refractivity contribution in [3.8, 4) is 5.75 Å². The molecule has 0 saturated heterocycles. The fourth-order valence-electron chi connectivity index (χ4n) is 1.89. The molecule has 104 valence electrons. The molecule has 0 radical (unpaired) electrons. The van der Waals surface area contributed by atoms with E-state index in [1.807, 2.05) is 13.1 Å². The highest BCUT2D eigenvalue weighted by atomic mass is 16.5. The average Bonchev–Trinajstić information content (AvgIpc) is 2.33. The third-order valence-corrected chi connectivity index (χ3v) is 2.78. The summed E-state index contributed by atoms with van der Waals surface area (Å²) < 4.78 is 5.85. The minimum atomic E-state index is 0.555. The molecule has 0 aliphatic carbocycles. The molecule has 19 heavy (non-hydrogen) atoms. The molecule has 0 saturated carbocycles. The van der Waals surface area contributed by atoms with Crippen molar-refractivity contribution in [2.75, 3.05) is 13.2 Å². The number of ether oxygens (including phenoxy) is 1. The number of hydrogen-bond donors (Lipinski definition) is 0. The van der Waals surface area contributed by atoms with Crippen molar-refractivity contribution in [1.29, 1.82) is 0 Å². The van der Waals surface area contributed by atoms with Gasteiger partial charge in [-0.2, -0.15) is 0 Å². The molecule has 0 aromatic heterocycles. The van der Waals surface area contributed by atoms with Gasteiger partial charge in [0.05, 0.1) is 0 Å². The minimum absolute atomic E-state index is 0.555. The van der Waals surface area contributed by atoms with Gasteiger partial charge in [-0.3, -0.25) is 4.99 Å². The van der Waals surface area contributed by atoms with Gasteiger partial charge in [0.15, 0.2) is 0 Å². The van der Waals surface area contributed by atoms with Crippen molar-refractivity contribution in [3.05, 3.63) is 41.0 Å². The minimum Gasteiger partial charge on any atom is -0.488 e.